The van der Waals surface area contributed by atoms with Gasteiger partial charge in [-0.2, -0.15) is 5.26 Å². The molecule has 206 valence electrons. The molecule has 1 aromatic heterocycles. The molecule has 0 aliphatic carbocycles. The van der Waals surface area contributed by atoms with Gasteiger partial charge in [-0.3, -0.25) is 9.59 Å². The summed E-state index contributed by atoms with van der Waals surface area (Å²) in [6.07, 6.45) is 1.30. The molecule has 0 unspecified atom stereocenters. The number of hydrogen-bond donors (Lipinski definition) is 0. The molecule has 1 aliphatic heterocycles. The van der Waals surface area contributed by atoms with Crippen molar-refractivity contribution in [3.63, 3.8) is 0 Å². The molecule has 0 N–H and O–H groups in total. The van der Waals surface area contributed by atoms with Crippen LogP contribution in [0, 0.1) is 24.1 Å². The number of benzene rings is 3. The van der Waals surface area contributed by atoms with Gasteiger partial charge in [-0.15, -0.1) is 0 Å². The summed E-state index contributed by atoms with van der Waals surface area (Å²) in [6.45, 7) is 1.53. The number of aryl methyl sites for hydroxylation is 1. The third-order valence-electron chi connectivity index (χ3n) is 7.14. The molecule has 0 radical (unpaired) electrons. The standard InChI is InChI=1S/C32H25ClF2N4O2/c1-19-37-16-24(17-38-19)23-10-20(9-21(11-23)15-36)12-31(41)39-18-25(34)14-29(39)30(40)13-22-5-4-7-27(32(22)35)26-6-2-3-8-28(26)33/h2-11,16-17,25,29H,12-14,18H2,1H3/t25-,29+/m1/s1. The molecule has 0 saturated carbocycles. The Balaban J connectivity index is 1.36. The number of nitrogens with zero attached hydrogens (tertiary/aromatic N) is 4. The van der Waals surface area contributed by atoms with Gasteiger partial charge in [-0.05, 0) is 41.8 Å². The van der Waals surface area contributed by atoms with Gasteiger partial charge in [0.15, 0.2) is 5.78 Å². The van der Waals surface area contributed by atoms with Gasteiger partial charge in [0.2, 0.25) is 5.91 Å². The molecule has 1 amide bonds. The lowest BCUT2D eigenvalue weighted by Gasteiger charge is -2.24. The van der Waals surface area contributed by atoms with Crippen molar-refractivity contribution in [2.75, 3.05) is 6.54 Å². The summed E-state index contributed by atoms with van der Waals surface area (Å²) in [4.78, 5) is 36.3. The molecule has 1 saturated heterocycles. The number of alkyl halides is 1. The zero-order chi connectivity index (χ0) is 29.1. The highest BCUT2D eigenvalue weighted by atomic mass is 35.5. The van der Waals surface area contributed by atoms with Gasteiger partial charge in [-0.1, -0.05) is 54.1 Å². The van der Waals surface area contributed by atoms with E-state index in [0.29, 0.717) is 38.7 Å². The number of nitriles is 1. The number of aromatic nitrogens is 2. The minimum Gasteiger partial charge on any atom is -0.329 e. The van der Waals surface area contributed by atoms with Crippen LogP contribution < -0.4 is 0 Å². The van der Waals surface area contributed by atoms with Gasteiger partial charge in [0.05, 0.1) is 30.6 Å². The number of hydrogen-bond acceptors (Lipinski definition) is 5. The summed E-state index contributed by atoms with van der Waals surface area (Å²) in [5.41, 5.74) is 3.13. The number of halogens is 3. The summed E-state index contributed by atoms with van der Waals surface area (Å²) in [7, 11) is 0. The van der Waals surface area contributed by atoms with Crippen molar-refractivity contribution in [1.29, 1.82) is 5.26 Å². The second-order valence-corrected chi connectivity index (χ2v) is 10.4. The van der Waals surface area contributed by atoms with Gasteiger partial charge in [0.25, 0.3) is 0 Å². The van der Waals surface area contributed by atoms with Crippen LogP contribution in [0.25, 0.3) is 22.3 Å². The Morgan fingerprint density at radius 2 is 1.76 bits per heavy atom. The van der Waals surface area contributed by atoms with E-state index >= 15 is 4.39 Å². The molecule has 2 heterocycles. The molecule has 2 atom stereocenters. The number of ketones is 1. The number of likely N-dealkylation sites (tertiary alicyclic amines) is 1. The Hall–Kier alpha value is -4.48. The third kappa shape index (κ3) is 6.16. The largest absolute Gasteiger partial charge is 0.329 e. The summed E-state index contributed by atoms with van der Waals surface area (Å²) < 4.78 is 30.1. The Morgan fingerprint density at radius 1 is 1.02 bits per heavy atom. The van der Waals surface area contributed by atoms with E-state index in [1.165, 1.54) is 11.0 Å². The Labute approximate surface area is 241 Å². The summed E-state index contributed by atoms with van der Waals surface area (Å²) >= 11 is 6.26. The van der Waals surface area contributed by atoms with E-state index in [-0.39, 0.29) is 36.9 Å². The molecule has 4 aromatic rings. The van der Waals surface area contributed by atoms with Crippen molar-refractivity contribution in [1.82, 2.24) is 14.9 Å². The maximum absolute atomic E-state index is 15.5. The van der Waals surface area contributed by atoms with Gasteiger partial charge in [-0.25, -0.2) is 18.7 Å². The fourth-order valence-corrected chi connectivity index (χ4v) is 5.36. The highest BCUT2D eigenvalue weighted by Gasteiger charge is 2.39. The molecule has 9 heteroatoms. The molecular formula is C32H25ClF2N4O2. The van der Waals surface area contributed by atoms with Crippen LogP contribution in [-0.2, 0) is 22.4 Å². The maximum Gasteiger partial charge on any atom is 0.227 e. The highest BCUT2D eigenvalue weighted by Crippen LogP contribution is 2.32. The normalized spacial score (nSPS) is 16.4. The van der Waals surface area contributed by atoms with Crippen LogP contribution in [0.4, 0.5) is 8.78 Å². The van der Waals surface area contributed by atoms with Crippen LogP contribution in [0.1, 0.15) is 28.9 Å². The van der Waals surface area contributed by atoms with Crippen molar-refractivity contribution in [2.24, 2.45) is 0 Å². The third-order valence-corrected chi connectivity index (χ3v) is 7.47. The molecule has 1 fully saturated rings. The van der Waals surface area contributed by atoms with Crippen molar-refractivity contribution in [3.05, 3.63) is 106 Å². The Morgan fingerprint density at radius 3 is 2.49 bits per heavy atom. The van der Waals surface area contributed by atoms with Gasteiger partial charge in [0.1, 0.15) is 17.8 Å². The quantitative estimate of drug-likeness (QED) is 0.269. The highest BCUT2D eigenvalue weighted by molar-refractivity contribution is 6.33. The van der Waals surface area contributed by atoms with E-state index < -0.39 is 29.7 Å². The van der Waals surface area contributed by atoms with Crippen LogP contribution >= 0.6 is 11.6 Å². The number of amides is 1. The molecule has 1 aliphatic rings. The number of rotatable bonds is 7. The lowest BCUT2D eigenvalue weighted by Crippen LogP contribution is -2.42. The fourth-order valence-electron chi connectivity index (χ4n) is 5.12. The molecule has 0 spiro atoms. The minimum atomic E-state index is -1.38. The number of carbonyl (C=O) groups is 2. The van der Waals surface area contributed by atoms with Crippen molar-refractivity contribution < 1.29 is 18.4 Å². The summed E-state index contributed by atoms with van der Waals surface area (Å²) in [5.74, 6) is -0.879. The Kier molecular flexibility index (Phi) is 8.18. The molecule has 6 nitrogen and oxygen atoms in total. The van der Waals surface area contributed by atoms with E-state index in [1.807, 2.05) is 0 Å². The summed E-state index contributed by atoms with van der Waals surface area (Å²) in [6, 6.07) is 17.6. The van der Waals surface area contributed by atoms with Crippen molar-refractivity contribution >= 4 is 23.3 Å². The molecular weight excluding hydrogens is 546 g/mol. The van der Waals surface area contributed by atoms with E-state index in [1.54, 1.807) is 73.9 Å². The second kappa shape index (κ2) is 11.9. The van der Waals surface area contributed by atoms with E-state index in [2.05, 4.69) is 16.0 Å². The average molecular weight is 571 g/mol. The fraction of sp³-hybridized carbons (Fsp3) is 0.219. The Bertz CT molecular complexity index is 1670. The molecule has 5 rings (SSSR count). The molecule has 41 heavy (non-hydrogen) atoms. The van der Waals surface area contributed by atoms with Crippen LogP contribution in [0.5, 0.6) is 0 Å². The molecule has 3 aromatic carbocycles. The first-order valence-corrected chi connectivity index (χ1v) is 13.4. The average Bonchev–Trinajstić information content (AvgIpc) is 3.37. The lowest BCUT2D eigenvalue weighted by molar-refractivity contribution is -0.136. The van der Waals surface area contributed by atoms with E-state index in [9.17, 15) is 19.2 Å². The SMILES string of the molecule is Cc1ncc(-c2cc(C#N)cc(CC(=O)N3C[C@H](F)C[C@H]3C(=O)Cc3cccc(-c4ccccc4Cl)c3F)c2)cn1. The lowest BCUT2D eigenvalue weighted by atomic mass is 9.96. The van der Waals surface area contributed by atoms with Crippen LogP contribution in [0.2, 0.25) is 5.02 Å². The van der Waals surface area contributed by atoms with Gasteiger partial charge < -0.3 is 4.90 Å². The van der Waals surface area contributed by atoms with Crippen LogP contribution in [0.3, 0.4) is 0 Å². The van der Waals surface area contributed by atoms with Crippen LogP contribution in [-0.4, -0.2) is 45.3 Å². The molecule has 0 bridgehead atoms. The minimum absolute atomic E-state index is 0.137. The predicted octanol–water partition coefficient (Wildman–Crippen LogP) is 6.08. The van der Waals surface area contributed by atoms with Gasteiger partial charge in [0, 0.05) is 46.9 Å². The van der Waals surface area contributed by atoms with E-state index in [4.69, 9.17) is 11.6 Å². The monoisotopic (exact) mass is 570 g/mol. The smallest absolute Gasteiger partial charge is 0.227 e. The van der Waals surface area contributed by atoms with Crippen molar-refractivity contribution in [2.45, 2.75) is 38.4 Å². The number of Topliss-reactive ketones (excluding diaryl/α,β-unsaturated/α-hetero) is 1. The second-order valence-electron chi connectivity index (χ2n) is 10.0. The van der Waals surface area contributed by atoms with Gasteiger partial charge >= 0.3 is 0 Å². The zero-order valence-corrected chi connectivity index (χ0v) is 22.9. The van der Waals surface area contributed by atoms with E-state index in [0.717, 1.165) is 0 Å². The first-order valence-electron chi connectivity index (χ1n) is 13.0. The maximum atomic E-state index is 15.5. The van der Waals surface area contributed by atoms with Crippen molar-refractivity contribution in [3.8, 4) is 28.3 Å². The first-order chi connectivity index (χ1) is 19.7. The number of carbonyl (C=O) groups excluding carboxylic acids is 2. The zero-order valence-electron chi connectivity index (χ0n) is 22.2. The van der Waals surface area contributed by atoms with Crippen LogP contribution in [0.15, 0.2) is 73.1 Å². The predicted molar refractivity (Wildman–Crippen MR) is 151 cm³/mol. The topological polar surface area (TPSA) is 87.0 Å². The first kappa shape index (κ1) is 28.1. The summed E-state index contributed by atoms with van der Waals surface area (Å²) in [5, 5.41) is 9.91.